The summed E-state index contributed by atoms with van der Waals surface area (Å²) in [5.41, 5.74) is 2.34. The van der Waals surface area contributed by atoms with E-state index in [0.29, 0.717) is 39.6 Å². The highest BCUT2D eigenvalue weighted by atomic mass is 28.4. The predicted molar refractivity (Wildman–Crippen MR) is 121 cm³/mol. The van der Waals surface area contributed by atoms with E-state index in [4.69, 9.17) is 26.6 Å². The fraction of sp³-hybridized carbons (Fsp3) is 0.714. The Balaban J connectivity index is 3.19. The Morgan fingerprint density at radius 3 is 1.48 bits per heavy atom. The topological polar surface area (TPSA) is 55.4 Å². The van der Waals surface area contributed by atoms with E-state index in [9.17, 15) is 0 Å². The van der Waals surface area contributed by atoms with E-state index in [1.54, 1.807) is 0 Å². The molecule has 0 spiro atoms. The van der Waals surface area contributed by atoms with Gasteiger partial charge in [-0.25, -0.2) is 0 Å². The quantitative estimate of drug-likeness (QED) is 0.361. The van der Waals surface area contributed by atoms with Gasteiger partial charge in [0.1, 0.15) is 0 Å². The summed E-state index contributed by atoms with van der Waals surface area (Å²) >= 11 is 0. The van der Waals surface area contributed by atoms with Gasteiger partial charge in [0.25, 0.3) is 0 Å². The van der Waals surface area contributed by atoms with Gasteiger partial charge in [0.15, 0.2) is 0 Å². The molecule has 0 aliphatic rings. The third-order valence-corrected chi connectivity index (χ3v) is 10.4. The molecule has 0 aromatic heterocycles. The highest BCUT2D eigenvalue weighted by molar-refractivity contribution is 6.75. The molecule has 0 fully saturated rings. The number of aryl methyl sites for hydroxylation is 2. The summed E-state index contributed by atoms with van der Waals surface area (Å²) in [5.74, 6) is 0. The van der Waals surface area contributed by atoms with Crippen molar-refractivity contribution in [1.29, 1.82) is 0 Å². The maximum absolute atomic E-state index is 6.10. The highest BCUT2D eigenvalue weighted by Gasteiger charge is 2.44. The highest BCUT2D eigenvalue weighted by Crippen LogP contribution is 2.21. The number of hydrogen-bond donors (Lipinski definition) is 0. The number of rotatable bonds is 16. The molecule has 0 heterocycles. The average molecular weight is 445 g/mol. The summed E-state index contributed by atoms with van der Waals surface area (Å²) in [5, 5.41) is 1.01. The molecule has 1 aromatic rings. The molecule has 0 atom stereocenters. The van der Waals surface area contributed by atoms with E-state index in [0.717, 1.165) is 23.2 Å². The van der Waals surface area contributed by atoms with Crippen LogP contribution < -0.4 is 5.19 Å². The van der Waals surface area contributed by atoms with Crippen molar-refractivity contribution >= 4 is 22.8 Å². The molecule has 0 amide bonds. The lowest BCUT2D eigenvalue weighted by atomic mass is 10.1. The van der Waals surface area contributed by atoms with Crippen molar-refractivity contribution in [1.82, 2.24) is 0 Å². The van der Waals surface area contributed by atoms with E-state index in [1.807, 2.05) is 41.5 Å². The van der Waals surface area contributed by atoms with Crippen LogP contribution in [0.25, 0.3) is 0 Å². The maximum Gasteiger partial charge on any atom is 0.537 e. The number of benzene rings is 1. The molecule has 8 heteroatoms. The molecule has 1 aromatic carbocycles. The van der Waals surface area contributed by atoms with Crippen molar-refractivity contribution in [2.75, 3.05) is 39.6 Å². The first kappa shape index (κ1) is 26.4. The zero-order chi connectivity index (χ0) is 21.8. The molecule has 0 saturated heterocycles. The van der Waals surface area contributed by atoms with E-state index in [1.165, 1.54) is 5.56 Å². The number of hydrogen-bond acceptors (Lipinski definition) is 6. The first-order valence-corrected chi connectivity index (χ1v) is 14.5. The summed E-state index contributed by atoms with van der Waals surface area (Å²) in [6, 6.07) is 7.20. The van der Waals surface area contributed by atoms with Gasteiger partial charge in [-0.05, 0) is 60.5 Å². The van der Waals surface area contributed by atoms with Crippen molar-refractivity contribution in [3.63, 3.8) is 0 Å². The molecule has 0 bridgehead atoms. The minimum atomic E-state index is -2.94. The van der Waals surface area contributed by atoms with Gasteiger partial charge in [-0.15, -0.1) is 0 Å². The van der Waals surface area contributed by atoms with Crippen LogP contribution in [0.5, 0.6) is 0 Å². The average Bonchev–Trinajstić information content (AvgIpc) is 2.67. The van der Waals surface area contributed by atoms with Gasteiger partial charge in [-0.3, -0.25) is 0 Å². The van der Waals surface area contributed by atoms with Crippen molar-refractivity contribution in [2.24, 2.45) is 0 Å². The van der Waals surface area contributed by atoms with Crippen LogP contribution in [-0.2, 0) is 33.0 Å². The van der Waals surface area contributed by atoms with Crippen LogP contribution in [0.2, 0.25) is 6.04 Å². The summed E-state index contributed by atoms with van der Waals surface area (Å²) in [7, 11) is -5.62. The summed E-state index contributed by atoms with van der Waals surface area (Å²) in [4.78, 5) is 0. The largest absolute Gasteiger partial charge is 0.537 e. The van der Waals surface area contributed by atoms with E-state index in [2.05, 4.69) is 25.1 Å². The Bertz CT molecular complexity index is 550. The van der Waals surface area contributed by atoms with Gasteiger partial charge in [-0.2, -0.15) is 0 Å². The molecule has 0 N–H and O–H groups in total. The molecule has 0 radical (unpaired) electrons. The SMILES string of the molecule is CCO[Si](CCc1cc(C)cc([Si](OCC)(OCC)OCC)c1)(OCC)OCC. The molecular formula is C21H40O6Si2. The second-order valence-corrected chi connectivity index (χ2v) is 11.8. The van der Waals surface area contributed by atoms with Gasteiger partial charge in [-0.1, -0.05) is 23.8 Å². The first-order chi connectivity index (χ1) is 13.9. The Hall–Kier alpha value is -0.586. The predicted octanol–water partition coefficient (Wildman–Crippen LogP) is 3.84. The van der Waals surface area contributed by atoms with Crippen LogP contribution in [0, 0.1) is 6.92 Å². The smallest absolute Gasteiger partial charge is 0.374 e. The zero-order valence-corrected chi connectivity index (χ0v) is 21.3. The second-order valence-electron chi connectivity index (χ2n) is 6.54. The summed E-state index contributed by atoms with van der Waals surface area (Å²) in [6.07, 6.45) is 0.801. The van der Waals surface area contributed by atoms with Crippen LogP contribution in [-0.4, -0.2) is 57.3 Å². The minimum absolute atomic E-state index is 0.546. The summed E-state index contributed by atoms with van der Waals surface area (Å²) < 4.78 is 36.3. The molecular weight excluding hydrogens is 404 g/mol. The molecule has 0 saturated carbocycles. The van der Waals surface area contributed by atoms with Crippen LogP contribution in [0.4, 0.5) is 0 Å². The molecule has 0 unspecified atom stereocenters. The van der Waals surface area contributed by atoms with Gasteiger partial charge in [0.2, 0.25) is 0 Å². The Labute approximate surface area is 179 Å². The molecule has 0 aliphatic carbocycles. The normalized spacial score (nSPS) is 12.5. The van der Waals surface area contributed by atoms with E-state index >= 15 is 0 Å². The Kier molecular flexibility index (Phi) is 12.5. The van der Waals surface area contributed by atoms with Crippen LogP contribution in [0.3, 0.4) is 0 Å². The van der Waals surface area contributed by atoms with Crippen molar-refractivity contribution in [3.05, 3.63) is 29.3 Å². The van der Waals surface area contributed by atoms with Gasteiger partial charge in [0.05, 0.1) is 0 Å². The van der Waals surface area contributed by atoms with Crippen molar-refractivity contribution in [2.45, 2.75) is 60.9 Å². The summed E-state index contributed by atoms with van der Waals surface area (Å²) in [6.45, 7) is 17.4. The van der Waals surface area contributed by atoms with Crippen molar-refractivity contribution < 1.29 is 26.6 Å². The lowest BCUT2D eigenvalue weighted by Gasteiger charge is -2.30. The van der Waals surface area contributed by atoms with Crippen LogP contribution in [0.1, 0.15) is 52.7 Å². The monoisotopic (exact) mass is 444 g/mol. The first-order valence-electron chi connectivity index (χ1n) is 10.9. The molecule has 168 valence electrons. The third kappa shape index (κ3) is 7.88. The van der Waals surface area contributed by atoms with E-state index < -0.39 is 17.6 Å². The maximum atomic E-state index is 6.10. The van der Waals surface area contributed by atoms with Crippen LogP contribution >= 0.6 is 0 Å². The Morgan fingerprint density at radius 2 is 1.07 bits per heavy atom. The lowest BCUT2D eigenvalue weighted by molar-refractivity contribution is 0.0714. The second kappa shape index (κ2) is 13.7. The van der Waals surface area contributed by atoms with Crippen molar-refractivity contribution in [3.8, 4) is 0 Å². The fourth-order valence-corrected chi connectivity index (χ4v) is 8.68. The van der Waals surface area contributed by atoms with Gasteiger partial charge in [0, 0.05) is 50.9 Å². The van der Waals surface area contributed by atoms with Crippen LogP contribution in [0.15, 0.2) is 18.2 Å². The van der Waals surface area contributed by atoms with Gasteiger partial charge >= 0.3 is 17.6 Å². The molecule has 6 nitrogen and oxygen atoms in total. The lowest BCUT2D eigenvalue weighted by Crippen LogP contribution is -2.57. The fourth-order valence-electron chi connectivity index (χ4n) is 3.43. The molecule has 1 rings (SSSR count). The molecule has 0 aliphatic heterocycles. The van der Waals surface area contributed by atoms with E-state index in [-0.39, 0.29) is 0 Å². The molecule has 29 heavy (non-hydrogen) atoms. The zero-order valence-electron chi connectivity index (χ0n) is 19.3. The Morgan fingerprint density at radius 1 is 0.621 bits per heavy atom. The minimum Gasteiger partial charge on any atom is -0.374 e. The third-order valence-electron chi connectivity index (χ3n) is 4.31. The van der Waals surface area contributed by atoms with Gasteiger partial charge < -0.3 is 26.6 Å². The standard InChI is InChI=1S/C21H40O6Si2/c1-8-22-28(23-9-2,24-10-3)15-14-20-16-19(7)17-21(18-20)29(25-11-4,26-12-5)27-13-6/h16-18H,8-15H2,1-7H3.